The maximum absolute atomic E-state index is 12.2. The van der Waals surface area contributed by atoms with Gasteiger partial charge in [-0.05, 0) is 30.7 Å². The minimum atomic E-state index is -0.143. The fourth-order valence-electron chi connectivity index (χ4n) is 2.66. The number of carbonyl (C=O) groups is 1. The zero-order chi connectivity index (χ0) is 17.5. The molecule has 5 nitrogen and oxygen atoms in total. The van der Waals surface area contributed by atoms with Gasteiger partial charge in [0.05, 0.1) is 11.2 Å². The molecule has 2 heterocycles. The normalized spacial score (nSPS) is 10.6. The molecule has 1 amide bonds. The maximum atomic E-state index is 12.2. The molecule has 1 aromatic carbocycles. The predicted octanol–water partition coefficient (Wildman–Crippen LogP) is 4.29. The molecule has 2 aromatic heterocycles. The van der Waals surface area contributed by atoms with Crippen LogP contribution in [0.5, 0.6) is 0 Å². The molecular weight excluding hydrogens is 312 g/mol. The van der Waals surface area contributed by atoms with E-state index in [-0.39, 0.29) is 5.91 Å². The Balaban J connectivity index is 1.74. The molecule has 0 saturated carbocycles. The van der Waals surface area contributed by atoms with E-state index in [2.05, 4.69) is 27.5 Å². The lowest BCUT2D eigenvalue weighted by Gasteiger charge is -2.10. The first-order chi connectivity index (χ1) is 12.3. The van der Waals surface area contributed by atoms with Gasteiger partial charge in [0.15, 0.2) is 0 Å². The summed E-state index contributed by atoms with van der Waals surface area (Å²) in [6.45, 7) is 2.82. The lowest BCUT2D eigenvalue weighted by molar-refractivity contribution is 0.0948. The molecule has 25 heavy (non-hydrogen) atoms. The third kappa shape index (κ3) is 4.32. The van der Waals surface area contributed by atoms with E-state index < -0.39 is 0 Å². The molecule has 0 aliphatic carbocycles. The van der Waals surface area contributed by atoms with Crippen molar-refractivity contribution in [1.82, 2.24) is 15.3 Å². The van der Waals surface area contributed by atoms with E-state index in [9.17, 15) is 4.79 Å². The van der Waals surface area contributed by atoms with Crippen LogP contribution in [0.25, 0.3) is 10.9 Å². The second-order valence-corrected chi connectivity index (χ2v) is 5.90. The predicted molar refractivity (Wildman–Crippen MR) is 101 cm³/mol. The Morgan fingerprint density at radius 1 is 1.04 bits per heavy atom. The van der Waals surface area contributed by atoms with Crippen molar-refractivity contribution in [2.24, 2.45) is 0 Å². The highest BCUT2D eigenvalue weighted by molar-refractivity contribution is 5.94. The van der Waals surface area contributed by atoms with Gasteiger partial charge in [-0.1, -0.05) is 38.0 Å². The number of anilines is 2. The van der Waals surface area contributed by atoms with Gasteiger partial charge in [-0.3, -0.25) is 14.8 Å². The zero-order valence-electron chi connectivity index (χ0n) is 14.3. The summed E-state index contributed by atoms with van der Waals surface area (Å²) in [7, 11) is 0. The van der Waals surface area contributed by atoms with Gasteiger partial charge in [-0.15, -0.1) is 0 Å². The fraction of sp³-hybridized carbons (Fsp3) is 0.250. The quantitative estimate of drug-likeness (QED) is 0.632. The van der Waals surface area contributed by atoms with Crippen molar-refractivity contribution in [2.75, 3.05) is 11.9 Å². The van der Waals surface area contributed by atoms with Crippen molar-refractivity contribution in [3.63, 3.8) is 0 Å². The molecule has 0 radical (unpaired) electrons. The number of nitrogens with one attached hydrogen (secondary N) is 2. The standard InChI is InChI=1S/C20H22N4O/c1-2-3-4-11-23-20(25)18-14-16(10-13-21-18)24-17-9-5-7-15-8-6-12-22-19(15)17/h5-10,12-14H,2-4,11H2,1H3,(H,21,24)(H,23,25). The molecule has 0 aliphatic rings. The summed E-state index contributed by atoms with van der Waals surface area (Å²) in [5.41, 5.74) is 3.02. The molecule has 0 saturated heterocycles. The molecule has 5 heteroatoms. The molecule has 128 valence electrons. The third-order valence-corrected chi connectivity index (χ3v) is 3.97. The minimum absolute atomic E-state index is 0.143. The Labute approximate surface area is 147 Å². The molecule has 3 rings (SSSR count). The van der Waals surface area contributed by atoms with Gasteiger partial charge in [-0.25, -0.2) is 0 Å². The second-order valence-electron chi connectivity index (χ2n) is 5.90. The van der Waals surface area contributed by atoms with Crippen molar-refractivity contribution >= 4 is 28.2 Å². The van der Waals surface area contributed by atoms with Crippen molar-refractivity contribution in [3.05, 3.63) is 60.6 Å². The SMILES string of the molecule is CCCCCNC(=O)c1cc(Nc2cccc3cccnc23)ccn1. The van der Waals surface area contributed by atoms with Crippen LogP contribution < -0.4 is 10.6 Å². The third-order valence-electron chi connectivity index (χ3n) is 3.97. The number of para-hydroxylation sites is 1. The van der Waals surface area contributed by atoms with E-state index in [0.717, 1.165) is 41.5 Å². The van der Waals surface area contributed by atoms with Gasteiger partial charge in [0.1, 0.15) is 5.69 Å². The number of nitrogens with zero attached hydrogens (tertiary/aromatic N) is 2. The van der Waals surface area contributed by atoms with Crippen LogP contribution in [0.3, 0.4) is 0 Å². The number of aromatic nitrogens is 2. The van der Waals surface area contributed by atoms with Crippen LogP contribution >= 0.6 is 0 Å². The number of pyridine rings is 2. The average molecular weight is 334 g/mol. The van der Waals surface area contributed by atoms with Crippen LogP contribution in [-0.4, -0.2) is 22.4 Å². The highest BCUT2D eigenvalue weighted by Gasteiger charge is 2.08. The molecule has 0 fully saturated rings. The number of rotatable bonds is 7. The molecule has 0 aliphatic heterocycles. The van der Waals surface area contributed by atoms with Crippen molar-refractivity contribution in [3.8, 4) is 0 Å². The van der Waals surface area contributed by atoms with E-state index in [0.29, 0.717) is 12.2 Å². The van der Waals surface area contributed by atoms with Crippen LogP contribution in [0.1, 0.15) is 36.7 Å². The Kier molecular flexibility index (Phi) is 5.57. The van der Waals surface area contributed by atoms with Gasteiger partial charge in [0.25, 0.3) is 5.91 Å². The van der Waals surface area contributed by atoms with E-state index >= 15 is 0 Å². The molecule has 0 atom stereocenters. The summed E-state index contributed by atoms with van der Waals surface area (Å²) in [5, 5.41) is 7.31. The summed E-state index contributed by atoms with van der Waals surface area (Å²) in [6, 6.07) is 13.5. The zero-order valence-corrected chi connectivity index (χ0v) is 14.3. The second kappa shape index (κ2) is 8.24. The fourth-order valence-corrected chi connectivity index (χ4v) is 2.66. The first-order valence-electron chi connectivity index (χ1n) is 8.63. The monoisotopic (exact) mass is 334 g/mol. The first-order valence-corrected chi connectivity index (χ1v) is 8.63. The van der Waals surface area contributed by atoms with Crippen LogP contribution in [0.15, 0.2) is 54.9 Å². The summed E-state index contributed by atoms with van der Waals surface area (Å²) < 4.78 is 0. The number of hydrogen-bond acceptors (Lipinski definition) is 4. The number of amides is 1. The van der Waals surface area contributed by atoms with Crippen LogP contribution in [-0.2, 0) is 0 Å². The average Bonchev–Trinajstić information content (AvgIpc) is 2.66. The highest BCUT2D eigenvalue weighted by atomic mass is 16.1. The Morgan fingerprint density at radius 2 is 1.92 bits per heavy atom. The minimum Gasteiger partial charge on any atom is -0.354 e. The lowest BCUT2D eigenvalue weighted by Crippen LogP contribution is -2.25. The van der Waals surface area contributed by atoms with Crippen LogP contribution in [0.4, 0.5) is 11.4 Å². The van der Waals surface area contributed by atoms with Crippen molar-refractivity contribution < 1.29 is 4.79 Å². The number of unbranched alkanes of at least 4 members (excludes halogenated alkanes) is 2. The summed E-state index contributed by atoms with van der Waals surface area (Å²) >= 11 is 0. The smallest absolute Gasteiger partial charge is 0.269 e. The van der Waals surface area contributed by atoms with Crippen LogP contribution in [0.2, 0.25) is 0 Å². The van der Waals surface area contributed by atoms with E-state index in [1.807, 2.05) is 36.4 Å². The summed E-state index contributed by atoms with van der Waals surface area (Å²) in [6.07, 6.45) is 6.65. The molecule has 0 spiro atoms. The van der Waals surface area contributed by atoms with Crippen molar-refractivity contribution in [1.29, 1.82) is 0 Å². The van der Waals surface area contributed by atoms with Crippen LogP contribution in [0, 0.1) is 0 Å². The molecule has 3 aromatic rings. The topological polar surface area (TPSA) is 66.9 Å². The van der Waals surface area contributed by atoms with Gasteiger partial charge < -0.3 is 10.6 Å². The largest absolute Gasteiger partial charge is 0.354 e. The molecule has 2 N–H and O–H groups in total. The van der Waals surface area contributed by atoms with Gasteiger partial charge in [-0.2, -0.15) is 0 Å². The number of fused-ring (bicyclic) bond motifs is 1. The molecular formula is C20H22N4O. The summed E-state index contributed by atoms with van der Waals surface area (Å²) in [4.78, 5) is 20.8. The Hall–Kier alpha value is -2.95. The van der Waals surface area contributed by atoms with Gasteiger partial charge in [0.2, 0.25) is 0 Å². The van der Waals surface area contributed by atoms with Gasteiger partial charge >= 0.3 is 0 Å². The number of hydrogen-bond donors (Lipinski definition) is 2. The van der Waals surface area contributed by atoms with E-state index in [1.54, 1.807) is 18.5 Å². The number of benzene rings is 1. The highest BCUT2D eigenvalue weighted by Crippen LogP contribution is 2.24. The number of carbonyl (C=O) groups excluding carboxylic acids is 1. The summed E-state index contributed by atoms with van der Waals surface area (Å²) in [5.74, 6) is -0.143. The Morgan fingerprint density at radius 3 is 2.80 bits per heavy atom. The molecule has 0 unspecified atom stereocenters. The van der Waals surface area contributed by atoms with Gasteiger partial charge in [0, 0.05) is 30.0 Å². The Bertz CT molecular complexity index is 858. The lowest BCUT2D eigenvalue weighted by atomic mass is 10.2. The first kappa shape index (κ1) is 16.9. The van der Waals surface area contributed by atoms with E-state index in [4.69, 9.17) is 0 Å². The van der Waals surface area contributed by atoms with Crippen molar-refractivity contribution in [2.45, 2.75) is 26.2 Å². The molecule has 0 bridgehead atoms. The maximum Gasteiger partial charge on any atom is 0.269 e. The van der Waals surface area contributed by atoms with E-state index in [1.165, 1.54) is 0 Å².